The summed E-state index contributed by atoms with van der Waals surface area (Å²) in [5.74, 6) is 2.67. The van der Waals surface area contributed by atoms with E-state index in [4.69, 9.17) is 4.74 Å². The zero-order valence-corrected chi connectivity index (χ0v) is 10.7. The molecule has 1 fully saturated rings. The summed E-state index contributed by atoms with van der Waals surface area (Å²) in [6.45, 7) is 3.54. The van der Waals surface area contributed by atoms with Crippen molar-refractivity contribution in [2.45, 2.75) is 25.8 Å². The van der Waals surface area contributed by atoms with Gasteiger partial charge in [-0.05, 0) is 19.8 Å². The van der Waals surface area contributed by atoms with Crippen LogP contribution >= 0.6 is 0 Å². The quantitative estimate of drug-likeness (QED) is 0.810. The summed E-state index contributed by atoms with van der Waals surface area (Å²) in [7, 11) is 3.61. The fourth-order valence-corrected chi connectivity index (χ4v) is 1.89. The molecule has 1 aliphatic rings. The van der Waals surface area contributed by atoms with Crippen LogP contribution in [0.3, 0.4) is 0 Å². The summed E-state index contributed by atoms with van der Waals surface area (Å²) in [6.07, 6.45) is 2.50. The van der Waals surface area contributed by atoms with Crippen molar-refractivity contribution < 1.29 is 4.74 Å². The number of hydrogen-bond donors (Lipinski definition) is 1. The van der Waals surface area contributed by atoms with Crippen molar-refractivity contribution in [3.05, 3.63) is 11.9 Å². The van der Waals surface area contributed by atoms with E-state index in [-0.39, 0.29) is 0 Å². The van der Waals surface area contributed by atoms with Crippen LogP contribution in [0, 0.1) is 6.92 Å². The lowest BCUT2D eigenvalue weighted by Crippen LogP contribution is -2.30. The molecule has 0 spiro atoms. The Morgan fingerprint density at radius 2 is 2.24 bits per heavy atom. The molecule has 1 saturated carbocycles. The molecular formula is C12H20N4O. The summed E-state index contributed by atoms with van der Waals surface area (Å²) >= 11 is 0. The molecule has 5 nitrogen and oxygen atoms in total. The van der Waals surface area contributed by atoms with Crippen LogP contribution in [0.25, 0.3) is 0 Å². The highest BCUT2D eigenvalue weighted by atomic mass is 16.5. The molecule has 0 aliphatic heterocycles. The Morgan fingerprint density at radius 3 is 2.82 bits per heavy atom. The minimum Gasteiger partial charge on any atom is -0.383 e. The molecule has 1 aromatic rings. The Hall–Kier alpha value is -1.36. The number of aryl methyl sites for hydroxylation is 1. The highest BCUT2D eigenvalue weighted by molar-refractivity contribution is 5.50. The largest absolute Gasteiger partial charge is 0.383 e. The molecule has 0 aromatic carbocycles. The maximum absolute atomic E-state index is 5.16. The third kappa shape index (κ3) is 3.06. The molecule has 1 heterocycles. The first kappa shape index (κ1) is 12.1. The van der Waals surface area contributed by atoms with E-state index < -0.39 is 0 Å². The predicted molar refractivity (Wildman–Crippen MR) is 68.6 cm³/mol. The standard InChI is InChI=1S/C12H20N4O/c1-9-14-11(13-2)8-12(15-9)16(6-7-17-3)10-4-5-10/h8,10H,4-7H2,1-3H3,(H,13,14,15). The SMILES string of the molecule is CNc1cc(N(CCOC)C2CC2)nc(C)n1. The number of hydrogen-bond acceptors (Lipinski definition) is 5. The summed E-state index contributed by atoms with van der Waals surface area (Å²) in [6, 6.07) is 2.63. The zero-order chi connectivity index (χ0) is 12.3. The van der Waals surface area contributed by atoms with Crippen LogP contribution in [0.15, 0.2) is 6.07 Å². The molecule has 0 saturated heterocycles. The fraction of sp³-hybridized carbons (Fsp3) is 0.667. The molecular weight excluding hydrogens is 216 g/mol. The van der Waals surface area contributed by atoms with Crippen LogP contribution in [0.5, 0.6) is 0 Å². The topological polar surface area (TPSA) is 50.3 Å². The maximum Gasteiger partial charge on any atom is 0.134 e. The number of nitrogens with zero attached hydrogens (tertiary/aromatic N) is 3. The van der Waals surface area contributed by atoms with Gasteiger partial charge in [-0.15, -0.1) is 0 Å². The summed E-state index contributed by atoms with van der Waals surface area (Å²) in [5, 5.41) is 3.07. The van der Waals surface area contributed by atoms with Crippen LogP contribution in [-0.2, 0) is 4.74 Å². The highest BCUT2D eigenvalue weighted by Crippen LogP contribution is 2.31. The molecule has 0 unspecified atom stereocenters. The van der Waals surface area contributed by atoms with Crippen LogP contribution in [0.2, 0.25) is 0 Å². The van der Waals surface area contributed by atoms with Gasteiger partial charge in [0.2, 0.25) is 0 Å². The predicted octanol–water partition coefficient (Wildman–Crippen LogP) is 1.44. The Morgan fingerprint density at radius 1 is 1.47 bits per heavy atom. The summed E-state index contributed by atoms with van der Waals surface area (Å²) in [4.78, 5) is 11.1. The molecule has 1 aliphatic carbocycles. The van der Waals surface area contributed by atoms with Crippen molar-refractivity contribution in [1.82, 2.24) is 9.97 Å². The van der Waals surface area contributed by atoms with Gasteiger partial charge in [0.05, 0.1) is 6.61 Å². The van der Waals surface area contributed by atoms with Gasteiger partial charge in [-0.25, -0.2) is 9.97 Å². The van der Waals surface area contributed by atoms with E-state index in [1.165, 1.54) is 12.8 Å². The monoisotopic (exact) mass is 236 g/mol. The van der Waals surface area contributed by atoms with Crippen molar-refractivity contribution in [2.75, 3.05) is 37.5 Å². The minimum atomic E-state index is 0.629. The van der Waals surface area contributed by atoms with Crippen LogP contribution in [0.4, 0.5) is 11.6 Å². The average molecular weight is 236 g/mol. The molecule has 0 atom stereocenters. The van der Waals surface area contributed by atoms with E-state index in [0.717, 1.165) is 30.6 Å². The number of rotatable bonds is 6. The fourth-order valence-electron chi connectivity index (χ4n) is 1.89. The van der Waals surface area contributed by atoms with E-state index in [1.54, 1.807) is 7.11 Å². The number of anilines is 2. The van der Waals surface area contributed by atoms with Gasteiger partial charge >= 0.3 is 0 Å². The molecule has 5 heteroatoms. The van der Waals surface area contributed by atoms with Gasteiger partial charge in [-0.2, -0.15) is 0 Å². The van der Waals surface area contributed by atoms with E-state index >= 15 is 0 Å². The van der Waals surface area contributed by atoms with Gasteiger partial charge in [-0.1, -0.05) is 0 Å². The van der Waals surface area contributed by atoms with E-state index in [0.29, 0.717) is 6.04 Å². The lowest BCUT2D eigenvalue weighted by Gasteiger charge is -2.23. The summed E-state index contributed by atoms with van der Waals surface area (Å²) < 4.78 is 5.16. The van der Waals surface area contributed by atoms with Crippen LogP contribution < -0.4 is 10.2 Å². The third-order valence-electron chi connectivity index (χ3n) is 2.90. The smallest absolute Gasteiger partial charge is 0.134 e. The van der Waals surface area contributed by atoms with Gasteiger partial charge in [0, 0.05) is 32.8 Å². The van der Waals surface area contributed by atoms with Gasteiger partial charge < -0.3 is 15.0 Å². The molecule has 1 aromatic heterocycles. The van der Waals surface area contributed by atoms with E-state index in [2.05, 4.69) is 20.2 Å². The Kier molecular flexibility index (Phi) is 3.78. The first-order chi connectivity index (χ1) is 8.24. The first-order valence-corrected chi connectivity index (χ1v) is 6.03. The number of aromatic nitrogens is 2. The van der Waals surface area contributed by atoms with Crippen molar-refractivity contribution in [1.29, 1.82) is 0 Å². The van der Waals surface area contributed by atoms with Crippen molar-refractivity contribution in [3.8, 4) is 0 Å². The van der Waals surface area contributed by atoms with Gasteiger partial charge in [0.25, 0.3) is 0 Å². The van der Waals surface area contributed by atoms with E-state index in [1.807, 2.05) is 20.0 Å². The molecule has 2 rings (SSSR count). The lowest BCUT2D eigenvalue weighted by atomic mass is 10.4. The Balaban J connectivity index is 2.18. The molecule has 17 heavy (non-hydrogen) atoms. The van der Waals surface area contributed by atoms with Crippen molar-refractivity contribution in [3.63, 3.8) is 0 Å². The zero-order valence-electron chi connectivity index (χ0n) is 10.7. The lowest BCUT2D eigenvalue weighted by molar-refractivity contribution is 0.204. The summed E-state index contributed by atoms with van der Waals surface area (Å²) in [5.41, 5.74) is 0. The second-order valence-electron chi connectivity index (χ2n) is 4.33. The van der Waals surface area contributed by atoms with Gasteiger partial charge in [0.15, 0.2) is 0 Å². The highest BCUT2D eigenvalue weighted by Gasteiger charge is 2.30. The third-order valence-corrected chi connectivity index (χ3v) is 2.90. The normalized spacial score (nSPS) is 14.8. The minimum absolute atomic E-state index is 0.629. The second-order valence-corrected chi connectivity index (χ2v) is 4.33. The van der Waals surface area contributed by atoms with Crippen LogP contribution in [-0.4, -0.2) is 43.3 Å². The average Bonchev–Trinajstić information content (AvgIpc) is 3.13. The molecule has 0 radical (unpaired) electrons. The molecule has 94 valence electrons. The number of ether oxygens (including phenoxy) is 1. The van der Waals surface area contributed by atoms with Crippen molar-refractivity contribution >= 4 is 11.6 Å². The van der Waals surface area contributed by atoms with Gasteiger partial charge in [-0.3, -0.25) is 0 Å². The molecule has 0 amide bonds. The maximum atomic E-state index is 5.16. The Labute approximate surface area is 102 Å². The van der Waals surface area contributed by atoms with Crippen LogP contribution in [0.1, 0.15) is 18.7 Å². The number of methoxy groups -OCH3 is 1. The Bertz CT molecular complexity index is 379. The second kappa shape index (κ2) is 5.31. The first-order valence-electron chi connectivity index (χ1n) is 6.03. The molecule has 1 N–H and O–H groups in total. The van der Waals surface area contributed by atoms with E-state index in [9.17, 15) is 0 Å². The van der Waals surface area contributed by atoms with Crippen molar-refractivity contribution in [2.24, 2.45) is 0 Å². The van der Waals surface area contributed by atoms with Gasteiger partial charge in [0.1, 0.15) is 17.5 Å². The number of nitrogens with one attached hydrogen (secondary N) is 1. The molecule has 0 bridgehead atoms.